The highest BCUT2D eigenvalue weighted by molar-refractivity contribution is 7.09. The normalized spacial score (nSPS) is 14.2. The number of anilines is 1. The summed E-state index contributed by atoms with van der Waals surface area (Å²) >= 11 is 1.55. The number of ether oxygens (including phenoxy) is 1. The Morgan fingerprint density at radius 2 is 1.97 bits per heavy atom. The number of nitrogens with one attached hydrogen (secondary N) is 2. The molecule has 1 aliphatic rings. The largest absolute Gasteiger partial charge is 0.462 e. The van der Waals surface area contributed by atoms with Crippen LogP contribution in [0.5, 0.6) is 0 Å². The Labute approximate surface area is 179 Å². The van der Waals surface area contributed by atoms with Crippen LogP contribution in [0.25, 0.3) is 0 Å². The first-order chi connectivity index (χ1) is 14.5. The lowest BCUT2D eigenvalue weighted by Gasteiger charge is -2.34. The van der Waals surface area contributed by atoms with Gasteiger partial charge in [0.05, 0.1) is 25.3 Å². The minimum absolute atomic E-state index is 0.162. The summed E-state index contributed by atoms with van der Waals surface area (Å²) in [5, 5.41) is 6.97. The molecule has 0 radical (unpaired) electrons. The third-order valence-corrected chi connectivity index (χ3v) is 5.46. The number of carbonyl (C=O) groups is 3. The molecular weight excluding hydrogens is 406 g/mol. The molecule has 2 aromatic rings. The number of piperazine rings is 1. The second-order valence-electron chi connectivity index (χ2n) is 6.70. The van der Waals surface area contributed by atoms with Crippen molar-refractivity contribution in [3.63, 3.8) is 0 Å². The van der Waals surface area contributed by atoms with Crippen molar-refractivity contribution in [2.24, 2.45) is 0 Å². The van der Waals surface area contributed by atoms with Crippen molar-refractivity contribution in [3.05, 3.63) is 46.3 Å². The number of amides is 3. The fourth-order valence-corrected chi connectivity index (χ4v) is 3.68. The van der Waals surface area contributed by atoms with Gasteiger partial charge in [0.2, 0.25) is 5.91 Å². The van der Waals surface area contributed by atoms with E-state index in [-0.39, 0.29) is 18.4 Å². The highest BCUT2D eigenvalue weighted by Gasteiger charge is 2.21. The second kappa shape index (κ2) is 10.7. The number of aromatic nitrogens is 1. The number of carbonyl (C=O) groups excluding carboxylic acids is 3. The average molecular weight is 432 g/mol. The Hall–Kier alpha value is -2.98. The first-order valence-corrected chi connectivity index (χ1v) is 10.6. The van der Waals surface area contributed by atoms with Gasteiger partial charge in [0.25, 0.3) is 0 Å². The smallest absolute Gasteiger partial charge is 0.339 e. The minimum Gasteiger partial charge on any atom is -0.462 e. The number of esters is 1. The molecule has 30 heavy (non-hydrogen) atoms. The molecule has 3 rings (SSSR count). The van der Waals surface area contributed by atoms with Gasteiger partial charge in [0, 0.05) is 37.3 Å². The van der Waals surface area contributed by atoms with Crippen LogP contribution < -0.4 is 15.5 Å². The van der Waals surface area contributed by atoms with E-state index in [4.69, 9.17) is 4.74 Å². The van der Waals surface area contributed by atoms with Crippen LogP contribution in [-0.2, 0) is 16.1 Å². The first kappa shape index (κ1) is 21.7. The molecule has 1 saturated heterocycles. The zero-order chi connectivity index (χ0) is 21.3. The molecule has 1 aliphatic heterocycles. The van der Waals surface area contributed by atoms with Crippen molar-refractivity contribution in [3.8, 4) is 0 Å². The summed E-state index contributed by atoms with van der Waals surface area (Å²) in [7, 11) is 0. The van der Waals surface area contributed by atoms with Crippen LogP contribution in [0.1, 0.15) is 22.2 Å². The molecular formula is C20H25N5O4S. The lowest BCUT2D eigenvalue weighted by Crippen LogP contribution is -2.51. The van der Waals surface area contributed by atoms with E-state index in [1.165, 1.54) is 6.20 Å². The lowest BCUT2D eigenvalue weighted by atomic mass is 10.2. The van der Waals surface area contributed by atoms with Crippen molar-refractivity contribution < 1.29 is 19.1 Å². The standard InChI is InChI=1S/C20H25N5O4S/c1-2-29-19(27)15-5-6-17(21-12-15)25-9-7-24(8-10-25)14-18(26)23-20(28)22-13-16-4-3-11-30-16/h3-6,11-12H,2,7-10,13-14H2,1H3,(H2,22,23,26,28). The molecule has 0 spiro atoms. The summed E-state index contributed by atoms with van der Waals surface area (Å²) in [5.41, 5.74) is 0.424. The van der Waals surface area contributed by atoms with E-state index in [0.717, 1.165) is 10.7 Å². The van der Waals surface area contributed by atoms with Gasteiger partial charge in [-0.15, -0.1) is 11.3 Å². The Morgan fingerprint density at radius 1 is 1.17 bits per heavy atom. The molecule has 0 saturated carbocycles. The van der Waals surface area contributed by atoms with Gasteiger partial charge in [-0.2, -0.15) is 0 Å². The molecule has 2 N–H and O–H groups in total. The quantitative estimate of drug-likeness (QED) is 0.640. The molecule has 0 atom stereocenters. The molecule has 9 nitrogen and oxygen atoms in total. The van der Waals surface area contributed by atoms with Crippen LogP contribution >= 0.6 is 11.3 Å². The summed E-state index contributed by atoms with van der Waals surface area (Å²) in [6.45, 7) is 5.39. The maximum atomic E-state index is 12.1. The van der Waals surface area contributed by atoms with Crippen molar-refractivity contribution >= 4 is 35.1 Å². The molecule has 0 aliphatic carbocycles. The summed E-state index contributed by atoms with van der Waals surface area (Å²) in [4.78, 5) is 45.1. The van der Waals surface area contributed by atoms with Crippen LogP contribution in [0.4, 0.5) is 10.6 Å². The topological polar surface area (TPSA) is 104 Å². The van der Waals surface area contributed by atoms with E-state index in [1.54, 1.807) is 30.4 Å². The molecule has 3 amide bonds. The van der Waals surface area contributed by atoms with Crippen LogP contribution in [0.2, 0.25) is 0 Å². The van der Waals surface area contributed by atoms with Gasteiger partial charge in [0.15, 0.2) is 0 Å². The Kier molecular flexibility index (Phi) is 7.75. The van der Waals surface area contributed by atoms with Crippen LogP contribution in [0, 0.1) is 0 Å². The van der Waals surface area contributed by atoms with E-state index in [1.807, 2.05) is 22.4 Å². The van der Waals surface area contributed by atoms with Gasteiger partial charge in [-0.25, -0.2) is 14.6 Å². The van der Waals surface area contributed by atoms with Crippen molar-refractivity contribution in [1.82, 2.24) is 20.5 Å². The maximum absolute atomic E-state index is 12.1. The van der Waals surface area contributed by atoms with Crippen LogP contribution in [0.3, 0.4) is 0 Å². The molecule has 0 unspecified atom stereocenters. The number of urea groups is 1. The zero-order valence-corrected chi connectivity index (χ0v) is 17.6. The van der Waals surface area contributed by atoms with E-state index in [2.05, 4.69) is 20.5 Å². The summed E-state index contributed by atoms with van der Waals surface area (Å²) in [6.07, 6.45) is 1.52. The third kappa shape index (κ3) is 6.26. The van der Waals surface area contributed by atoms with Gasteiger partial charge in [-0.05, 0) is 30.5 Å². The van der Waals surface area contributed by atoms with Gasteiger partial charge in [-0.1, -0.05) is 6.07 Å². The highest BCUT2D eigenvalue weighted by atomic mass is 32.1. The Balaban J connectivity index is 1.39. The molecule has 10 heteroatoms. The number of imide groups is 1. The van der Waals surface area contributed by atoms with Crippen LogP contribution in [0.15, 0.2) is 35.8 Å². The monoisotopic (exact) mass is 431 g/mol. The second-order valence-corrected chi connectivity index (χ2v) is 7.73. The summed E-state index contributed by atoms with van der Waals surface area (Å²) in [5.74, 6) is 0.0657. The fraction of sp³-hybridized carbons (Fsp3) is 0.400. The molecule has 3 heterocycles. The number of pyridine rings is 1. The number of thiophene rings is 1. The van der Waals surface area contributed by atoms with Gasteiger partial charge in [0.1, 0.15) is 5.82 Å². The fourth-order valence-electron chi connectivity index (χ4n) is 3.04. The van der Waals surface area contributed by atoms with Crippen molar-refractivity contribution in [2.75, 3.05) is 44.2 Å². The molecule has 0 aromatic carbocycles. The average Bonchev–Trinajstić information content (AvgIpc) is 3.27. The SMILES string of the molecule is CCOC(=O)c1ccc(N2CCN(CC(=O)NC(=O)NCc3cccs3)CC2)nc1. The summed E-state index contributed by atoms with van der Waals surface area (Å²) in [6, 6.07) is 6.85. The van der Waals surface area contributed by atoms with Crippen molar-refractivity contribution in [1.29, 1.82) is 0 Å². The number of hydrogen-bond acceptors (Lipinski definition) is 8. The van der Waals surface area contributed by atoms with Gasteiger partial charge >= 0.3 is 12.0 Å². The predicted octanol–water partition coefficient (Wildman–Crippen LogP) is 1.47. The summed E-state index contributed by atoms with van der Waals surface area (Å²) < 4.78 is 4.96. The van der Waals surface area contributed by atoms with Gasteiger partial charge < -0.3 is 15.0 Å². The number of rotatable bonds is 7. The lowest BCUT2D eigenvalue weighted by molar-refractivity contribution is -0.121. The molecule has 1 fully saturated rings. The highest BCUT2D eigenvalue weighted by Crippen LogP contribution is 2.14. The molecule has 160 valence electrons. The molecule has 2 aromatic heterocycles. The van der Waals surface area contributed by atoms with E-state index in [0.29, 0.717) is 44.9 Å². The van der Waals surface area contributed by atoms with Gasteiger partial charge in [-0.3, -0.25) is 15.0 Å². The number of nitrogens with zero attached hydrogens (tertiary/aromatic N) is 3. The third-order valence-electron chi connectivity index (χ3n) is 4.58. The zero-order valence-electron chi connectivity index (χ0n) is 16.8. The first-order valence-electron chi connectivity index (χ1n) is 9.75. The van der Waals surface area contributed by atoms with E-state index in [9.17, 15) is 14.4 Å². The van der Waals surface area contributed by atoms with Crippen molar-refractivity contribution in [2.45, 2.75) is 13.5 Å². The molecule has 0 bridgehead atoms. The predicted molar refractivity (Wildman–Crippen MR) is 114 cm³/mol. The van der Waals surface area contributed by atoms with Crippen LogP contribution in [-0.4, -0.2) is 67.1 Å². The Morgan fingerprint density at radius 3 is 2.60 bits per heavy atom. The maximum Gasteiger partial charge on any atom is 0.339 e. The Bertz CT molecular complexity index is 849. The minimum atomic E-state index is -0.488. The number of hydrogen-bond donors (Lipinski definition) is 2. The van der Waals surface area contributed by atoms with E-state index < -0.39 is 6.03 Å². The van der Waals surface area contributed by atoms with E-state index >= 15 is 0 Å².